The van der Waals surface area contributed by atoms with Gasteiger partial charge in [-0.1, -0.05) is 50.6 Å². The fraction of sp³-hybridized carbons (Fsp3) is 0.579. The summed E-state index contributed by atoms with van der Waals surface area (Å²) in [5, 5.41) is 0. The summed E-state index contributed by atoms with van der Waals surface area (Å²) >= 11 is 0. The lowest BCUT2D eigenvalue weighted by Gasteiger charge is -2.22. The van der Waals surface area contributed by atoms with Crippen molar-refractivity contribution in [3.8, 4) is 5.75 Å². The molecule has 20 heavy (non-hydrogen) atoms. The zero-order valence-corrected chi connectivity index (χ0v) is 14.0. The molecule has 0 N–H and O–H groups in total. The van der Waals surface area contributed by atoms with Crippen molar-refractivity contribution in [3.63, 3.8) is 0 Å². The molecule has 1 nitrogen and oxygen atoms in total. The quantitative estimate of drug-likeness (QED) is 0.571. The van der Waals surface area contributed by atoms with Gasteiger partial charge in [0.15, 0.2) is 0 Å². The maximum absolute atomic E-state index is 6.12. The Labute approximate surface area is 125 Å². The molecule has 1 heteroatoms. The van der Waals surface area contributed by atoms with Gasteiger partial charge in [-0.25, -0.2) is 0 Å². The predicted molar refractivity (Wildman–Crippen MR) is 88.7 cm³/mol. The lowest BCUT2D eigenvalue weighted by molar-refractivity contribution is 0.265. The summed E-state index contributed by atoms with van der Waals surface area (Å²) in [6.45, 7) is 13.9. The Morgan fingerprint density at radius 3 is 2.45 bits per heavy atom. The Bertz CT molecular complexity index is 443. The van der Waals surface area contributed by atoms with Crippen molar-refractivity contribution in [2.24, 2.45) is 5.92 Å². The molecule has 1 unspecified atom stereocenters. The van der Waals surface area contributed by atoms with Gasteiger partial charge in [-0.3, -0.25) is 0 Å². The molecule has 0 aliphatic rings. The normalized spacial score (nSPS) is 13.2. The van der Waals surface area contributed by atoms with E-state index in [0.29, 0.717) is 11.8 Å². The van der Waals surface area contributed by atoms with Crippen LogP contribution in [0.15, 0.2) is 24.3 Å². The van der Waals surface area contributed by atoms with E-state index in [-0.39, 0.29) is 0 Å². The second-order valence-electron chi connectivity index (χ2n) is 6.11. The van der Waals surface area contributed by atoms with Crippen LogP contribution < -0.4 is 4.74 Å². The van der Waals surface area contributed by atoms with Crippen LogP contribution in [0.4, 0.5) is 0 Å². The van der Waals surface area contributed by atoms with Crippen molar-refractivity contribution in [2.75, 3.05) is 6.61 Å². The van der Waals surface area contributed by atoms with Gasteiger partial charge < -0.3 is 4.74 Å². The van der Waals surface area contributed by atoms with E-state index in [0.717, 1.165) is 25.2 Å². The van der Waals surface area contributed by atoms with Gasteiger partial charge in [0.2, 0.25) is 0 Å². The van der Waals surface area contributed by atoms with Crippen LogP contribution in [0.25, 0.3) is 0 Å². The van der Waals surface area contributed by atoms with Gasteiger partial charge in [-0.05, 0) is 56.6 Å². The van der Waals surface area contributed by atoms with E-state index in [1.54, 1.807) is 0 Å². The highest BCUT2D eigenvalue weighted by Gasteiger charge is 2.16. The summed E-state index contributed by atoms with van der Waals surface area (Å²) in [5.74, 6) is 2.21. The fourth-order valence-electron chi connectivity index (χ4n) is 2.55. The van der Waals surface area contributed by atoms with Crippen LogP contribution in [0.1, 0.15) is 63.1 Å². The molecule has 0 heterocycles. The Morgan fingerprint density at radius 1 is 1.20 bits per heavy atom. The molecule has 0 spiro atoms. The molecular formula is C19H30O. The van der Waals surface area contributed by atoms with Crippen LogP contribution in [-0.2, 0) is 0 Å². The number of aryl methyl sites for hydroxylation is 2. The number of allylic oxidation sites excluding steroid dienone is 2. The second kappa shape index (κ2) is 8.14. The van der Waals surface area contributed by atoms with E-state index in [9.17, 15) is 0 Å². The minimum atomic E-state index is 0.548. The first-order chi connectivity index (χ1) is 9.49. The highest BCUT2D eigenvalue weighted by Crippen LogP contribution is 2.35. The van der Waals surface area contributed by atoms with Gasteiger partial charge >= 0.3 is 0 Å². The molecule has 0 fully saturated rings. The summed E-state index contributed by atoms with van der Waals surface area (Å²) < 4.78 is 6.12. The number of ether oxygens (including phenoxy) is 1. The maximum Gasteiger partial charge on any atom is 0.125 e. The summed E-state index contributed by atoms with van der Waals surface area (Å²) in [5.41, 5.74) is 3.97. The third-order valence-electron chi connectivity index (χ3n) is 3.60. The standard InChI is InChI=1S/C19H30O/c1-7-9-10-17(8-2)18-12-15(5)11-16(6)19(18)20-13-14(3)4/h7,9,11-12,14,17H,8,10,13H2,1-6H3/b9-7-. The third-order valence-corrected chi connectivity index (χ3v) is 3.60. The smallest absolute Gasteiger partial charge is 0.125 e. The van der Waals surface area contributed by atoms with E-state index in [4.69, 9.17) is 4.74 Å². The van der Waals surface area contributed by atoms with Crippen LogP contribution in [0.5, 0.6) is 5.75 Å². The molecule has 1 aromatic rings. The van der Waals surface area contributed by atoms with Crippen molar-refractivity contribution in [1.29, 1.82) is 0 Å². The fourth-order valence-corrected chi connectivity index (χ4v) is 2.55. The van der Waals surface area contributed by atoms with Gasteiger partial charge in [0.1, 0.15) is 5.75 Å². The summed E-state index contributed by atoms with van der Waals surface area (Å²) in [4.78, 5) is 0. The molecule has 0 aliphatic heterocycles. The Balaban J connectivity index is 3.12. The van der Waals surface area contributed by atoms with Gasteiger partial charge in [-0.2, -0.15) is 0 Å². The van der Waals surface area contributed by atoms with Gasteiger partial charge in [-0.15, -0.1) is 0 Å². The van der Waals surface area contributed by atoms with E-state index in [1.807, 2.05) is 0 Å². The molecular weight excluding hydrogens is 244 g/mol. The zero-order chi connectivity index (χ0) is 15.1. The molecule has 0 radical (unpaired) electrons. The number of hydrogen-bond donors (Lipinski definition) is 0. The van der Waals surface area contributed by atoms with Crippen molar-refractivity contribution < 1.29 is 4.74 Å². The molecule has 0 aromatic heterocycles. The zero-order valence-electron chi connectivity index (χ0n) is 14.0. The molecule has 0 bridgehead atoms. The maximum atomic E-state index is 6.12. The highest BCUT2D eigenvalue weighted by molar-refractivity contribution is 5.46. The first-order valence-corrected chi connectivity index (χ1v) is 7.84. The molecule has 0 saturated carbocycles. The van der Waals surface area contributed by atoms with E-state index < -0.39 is 0 Å². The number of benzene rings is 1. The van der Waals surface area contributed by atoms with Gasteiger partial charge in [0.25, 0.3) is 0 Å². The number of rotatable bonds is 7. The molecule has 0 aliphatic carbocycles. The van der Waals surface area contributed by atoms with Crippen molar-refractivity contribution in [3.05, 3.63) is 41.0 Å². The molecule has 0 saturated heterocycles. The highest BCUT2D eigenvalue weighted by atomic mass is 16.5. The average molecular weight is 274 g/mol. The Kier molecular flexibility index (Phi) is 6.84. The van der Waals surface area contributed by atoms with Gasteiger partial charge in [0.05, 0.1) is 6.61 Å². The minimum absolute atomic E-state index is 0.548. The average Bonchev–Trinajstić information content (AvgIpc) is 2.38. The lowest BCUT2D eigenvalue weighted by Crippen LogP contribution is -2.09. The van der Waals surface area contributed by atoms with Crippen LogP contribution in [0.2, 0.25) is 0 Å². The Morgan fingerprint density at radius 2 is 1.90 bits per heavy atom. The lowest BCUT2D eigenvalue weighted by atomic mass is 9.89. The SMILES string of the molecule is C/C=C\CC(CC)c1cc(C)cc(C)c1OCC(C)C. The first-order valence-electron chi connectivity index (χ1n) is 7.84. The largest absolute Gasteiger partial charge is 0.493 e. The van der Waals surface area contributed by atoms with Crippen LogP contribution >= 0.6 is 0 Å². The minimum Gasteiger partial charge on any atom is -0.493 e. The predicted octanol–water partition coefficient (Wildman–Crippen LogP) is 5.80. The number of hydrogen-bond acceptors (Lipinski definition) is 1. The Hall–Kier alpha value is -1.24. The van der Waals surface area contributed by atoms with Crippen molar-refractivity contribution in [1.82, 2.24) is 0 Å². The van der Waals surface area contributed by atoms with Crippen LogP contribution in [-0.4, -0.2) is 6.61 Å². The summed E-state index contributed by atoms with van der Waals surface area (Å²) in [6, 6.07) is 4.53. The van der Waals surface area contributed by atoms with Crippen molar-refractivity contribution >= 4 is 0 Å². The van der Waals surface area contributed by atoms with E-state index in [1.165, 1.54) is 16.7 Å². The summed E-state index contributed by atoms with van der Waals surface area (Å²) in [6.07, 6.45) is 6.64. The molecule has 1 aromatic carbocycles. The molecule has 112 valence electrons. The van der Waals surface area contributed by atoms with E-state index in [2.05, 4.69) is 65.8 Å². The topological polar surface area (TPSA) is 9.23 Å². The molecule has 1 atom stereocenters. The summed E-state index contributed by atoms with van der Waals surface area (Å²) in [7, 11) is 0. The third kappa shape index (κ3) is 4.70. The second-order valence-corrected chi connectivity index (χ2v) is 6.11. The monoisotopic (exact) mass is 274 g/mol. The van der Waals surface area contributed by atoms with E-state index >= 15 is 0 Å². The first kappa shape index (κ1) is 16.8. The van der Waals surface area contributed by atoms with Crippen molar-refractivity contribution in [2.45, 2.75) is 60.3 Å². The van der Waals surface area contributed by atoms with Gasteiger partial charge in [0, 0.05) is 0 Å². The van der Waals surface area contributed by atoms with Crippen LogP contribution in [0, 0.1) is 19.8 Å². The molecule has 0 amide bonds. The molecule has 1 rings (SSSR count). The van der Waals surface area contributed by atoms with Crippen LogP contribution in [0.3, 0.4) is 0 Å².